The normalized spacial score (nSPS) is 11.0. The number of nitrogens with one attached hydrogen (secondary N) is 1. The van der Waals surface area contributed by atoms with Crippen molar-refractivity contribution in [2.75, 3.05) is 11.9 Å². The van der Waals surface area contributed by atoms with Crippen molar-refractivity contribution in [1.29, 1.82) is 0 Å². The van der Waals surface area contributed by atoms with Crippen LogP contribution in [0.3, 0.4) is 0 Å². The summed E-state index contributed by atoms with van der Waals surface area (Å²) in [6, 6.07) is 12.5. The summed E-state index contributed by atoms with van der Waals surface area (Å²) < 4.78 is 7.17. The van der Waals surface area contributed by atoms with Crippen LogP contribution in [0.4, 0.5) is 5.69 Å². The molecule has 2 aromatic carbocycles. The van der Waals surface area contributed by atoms with E-state index >= 15 is 0 Å². The molecule has 2 heterocycles. The number of nitrogens with zero attached hydrogens (tertiary/aromatic N) is 4. The summed E-state index contributed by atoms with van der Waals surface area (Å²) in [5.41, 5.74) is 2.09. The van der Waals surface area contributed by atoms with Crippen molar-refractivity contribution in [1.82, 2.24) is 19.8 Å². The largest absolute Gasteiger partial charge is 0.492 e. The van der Waals surface area contributed by atoms with Crippen LogP contribution < -0.4 is 10.1 Å². The third kappa shape index (κ3) is 3.94. The minimum Gasteiger partial charge on any atom is -0.492 e. The van der Waals surface area contributed by atoms with Gasteiger partial charge in [0.25, 0.3) is 5.91 Å². The zero-order valence-electron chi connectivity index (χ0n) is 15.8. The Balaban J connectivity index is 1.49. The van der Waals surface area contributed by atoms with Crippen LogP contribution in [0, 0.1) is 0 Å². The van der Waals surface area contributed by atoms with Gasteiger partial charge in [-0.1, -0.05) is 29.9 Å². The predicted octanol–water partition coefficient (Wildman–Crippen LogP) is 4.72. The van der Waals surface area contributed by atoms with Gasteiger partial charge in [0.1, 0.15) is 10.8 Å². The zero-order valence-corrected chi connectivity index (χ0v) is 17.4. The number of anilines is 1. The van der Waals surface area contributed by atoms with Crippen LogP contribution in [0.25, 0.3) is 15.5 Å². The maximum Gasteiger partial charge on any atom is 0.255 e. The quantitative estimate of drug-likeness (QED) is 0.481. The molecule has 0 atom stereocenters. The van der Waals surface area contributed by atoms with Crippen molar-refractivity contribution in [2.24, 2.45) is 0 Å². The molecule has 0 saturated heterocycles. The smallest absolute Gasteiger partial charge is 0.255 e. The maximum atomic E-state index is 12.5. The van der Waals surface area contributed by atoms with Crippen molar-refractivity contribution < 1.29 is 9.53 Å². The number of carbonyl (C=O) groups is 1. The van der Waals surface area contributed by atoms with Crippen LogP contribution in [0.1, 0.15) is 30.0 Å². The Morgan fingerprint density at radius 2 is 1.97 bits per heavy atom. The third-order valence-electron chi connectivity index (χ3n) is 4.26. The zero-order chi connectivity index (χ0) is 20.4. The van der Waals surface area contributed by atoms with Gasteiger partial charge in [0.15, 0.2) is 5.82 Å². The fourth-order valence-corrected chi connectivity index (χ4v) is 3.91. The van der Waals surface area contributed by atoms with Crippen LogP contribution in [0.2, 0.25) is 5.02 Å². The summed E-state index contributed by atoms with van der Waals surface area (Å²) >= 11 is 7.64. The standard InChI is InChI=1S/C20H18ClN5O2S/c1-3-17-23-24-20-26(17)25-19(29-20)12-5-8-14(9-6-12)22-18(27)13-7-10-16(28-4-2)15(21)11-13/h5-11H,3-4H2,1-2H3,(H,22,27). The van der Waals surface area contributed by atoms with Gasteiger partial charge in [-0.25, -0.2) is 0 Å². The van der Waals surface area contributed by atoms with Gasteiger partial charge in [-0.3, -0.25) is 4.79 Å². The van der Waals surface area contributed by atoms with E-state index in [2.05, 4.69) is 20.6 Å². The van der Waals surface area contributed by atoms with Gasteiger partial charge in [0.2, 0.25) is 4.96 Å². The summed E-state index contributed by atoms with van der Waals surface area (Å²) in [7, 11) is 0. The molecule has 0 aliphatic carbocycles. The van der Waals surface area contributed by atoms with Crippen LogP contribution in [-0.4, -0.2) is 32.3 Å². The van der Waals surface area contributed by atoms with E-state index < -0.39 is 0 Å². The molecular formula is C20H18ClN5O2S. The second-order valence-electron chi connectivity index (χ2n) is 6.18. The first-order valence-electron chi connectivity index (χ1n) is 9.14. The van der Waals surface area contributed by atoms with Gasteiger partial charge in [-0.05, 0) is 49.4 Å². The number of fused-ring (bicyclic) bond motifs is 1. The first kappa shape index (κ1) is 19.4. The summed E-state index contributed by atoms with van der Waals surface area (Å²) in [6.07, 6.45) is 0.769. The fraction of sp³-hybridized carbons (Fsp3) is 0.200. The molecule has 7 nitrogen and oxygen atoms in total. The second kappa shape index (κ2) is 8.18. The van der Waals surface area contributed by atoms with Crippen LogP contribution in [0.5, 0.6) is 5.75 Å². The molecule has 0 radical (unpaired) electrons. The number of aromatic nitrogens is 4. The molecule has 148 valence electrons. The maximum absolute atomic E-state index is 12.5. The number of rotatable bonds is 6. The van der Waals surface area contributed by atoms with Gasteiger partial charge < -0.3 is 10.1 Å². The van der Waals surface area contributed by atoms with Crippen LogP contribution >= 0.6 is 22.9 Å². The van der Waals surface area contributed by atoms with E-state index in [0.717, 1.165) is 27.8 Å². The SMILES string of the molecule is CCOc1ccc(C(=O)Nc2ccc(-c3nn4c(CC)nnc4s3)cc2)cc1Cl. The lowest BCUT2D eigenvalue weighted by atomic mass is 10.2. The Hall–Kier alpha value is -2.97. The molecule has 4 rings (SSSR count). The topological polar surface area (TPSA) is 81.4 Å². The van der Waals surface area contributed by atoms with Gasteiger partial charge in [0, 0.05) is 23.2 Å². The van der Waals surface area contributed by atoms with E-state index in [-0.39, 0.29) is 5.91 Å². The lowest BCUT2D eigenvalue weighted by Gasteiger charge is -2.09. The summed E-state index contributed by atoms with van der Waals surface area (Å²) in [4.78, 5) is 13.3. The third-order valence-corrected chi connectivity index (χ3v) is 5.50. The summed E-state index contributed by atoms with van der Waals surface area (Å²) in [5.74, 6) is 1.15. The van der Waals surface area contributed by atoms with Crippen molar-refractivity contribution in [3.05, 3.63) is 58.9 Å². The van der Waals surface area contributed by atoms with Crippen molar-refractivity contribution >= 4 is 39.5 Å². The summed E-state index contributed by atoms with van der Waals surface area (Å²) in [5, 5.41) is 17.0. The molecule has 29 heavy (non-hydrogen) atoms. The predicted molar refractivity (Wildman–Crippen MR) is 114 cm³/mol. The molecule has 0 spiro atoms. The number of carbonyl (C=O) groups excluding carboxylic acids is 1. The number of ether oxygens (including phenoxy) is 1. The highest BCUT2D eigenvalue weighted by Gasteiger charge is 2.13. The highest BCUT2D eigenvalue weighted by Crippen LogP contribution is 2.28. The van der Waals surface area contributed by atoms with E-state index in [4.69, 9.17) is 16.3 Å². The monoisotopic (exact) mass is 427 g/mol. The van der Waals surface area contributed by atoms with Crippen molar-refractivity contribution in [3.8, 4) is 16.3 Å². The van der Waals surface area contributed by atoms with Gasteiger partial charge in [0.05, 0.1) is 11.6 Å². The minimum atomic E-state index is -0.242. The number of amides is 1. The average Bonchev–Trinajstić information content (AvgIpc) is 3.31. The molecule has 1 N–H and O–H groups in total. The Labute approximate surface area is 176 Å². The number of hydrogen-bond acceptors (Lipinski definition) is 6. The molecule has 9 heteroatoms. The molecular weight excluding hydrogens is 410 g/mol. The second-order valence-corrected chi connectivity index (χ2v) is 7.54. The number of aryl methyl sites for hydroxylation is 1. The van der Waals surface area contributed by atoms with E-state index in [9.17, 15) is 4.79 Å². The molecule has 2 aromatic heterocycles. The van der Waals surface area contributed by atoms with Crippen molar-refractivity contribution in [3.63, 3.8) is 0 Å². The lowest BCUT2D eigenvalue weighted by molar-refractivity contribution is 0.102. The molecule has 0 bridgehead atoms. The first-order chi connectivity index (χ1) is 14.1. The summed E-state index contributed by atoms with van der Waals surface area (Å²) in [6.45, 7) is 4.41. The molecule has 0 fully saturated rings. The van der Waals surface area contributed by atoms with Gasteiger partial charge >= 0.3 is 0 Å². The highest BCUT2D eigenvalue weighted by molar-refractivity contribution is 7.19. The van der Waals surface area contributed by atoms with E-state index in [1.807, 2.05) is 38.1 Å². The fourth-order valence-electron chi connectivity index (χ4n) is 2.81. The molecule has 0 saturated carbocycles. The Morgan fingerprint density at radius 1 is 1.17 bits per heavy atom. The molecule has 1 amide bonds. The number of hydrogen-bond donors (Lipinski definition) is 1. The van der Waals surface area contributed by atoms with Crippen molar-refractivity contribution in [2.45, 2.75) is 20.3 Å². The lowest BCUT2D eigenvalue weighted by Crippen LogP contribution is -2.11. The van der Waals surface area contributed by atoms with Gasteiger partial charge in [-0.15, -0.1) is 10.2 Å². The first-order valence-corrected chi connectivity index (χ1v) is 10.3. The molecule has 0 aliphatic rings. The molecule has 0 unspecified atom stereocenters. The Bertz CT molecular complexity index is 1170. The average molecular weight is 428 g/mol. The highest BCUT2D eigenvalue weighted by atomic mass is 35.5. The van der Waals surface area contributed by atoms with E-state index in [1.165, 1.54) is 11.3 Å². The Kier molecular flexibility index (Phi) is 5.46. The van der Waals surface area contributed by atoms with E-state index in [0.29, 0.717) is 28.6 Å². The number of benzene rings is 2. The Morgan fingerprint density at radius 3 is 2.66 bits per heavy atom. The van der Waals surface area contributed by atoms with Crippen LogP contribution in [-0.2, 0) is 6.42 Å². The number of halogens is 1. The van der Waals surface area contributed by atoms with Crippen LogP contribution in [0.15, 0.2) is 42.5 Å². The molecule has 4 aromatic rings. The van der Waals surface area contributed by atoms with E-state index in [1.54, 1.807) is 22.7 Å². The molecule has 0 aliphatic heterocycles. The minimum absolute atomic E-state index is 0.242. The van der Waals surface area contributed by atoms with Gasteiger partial charge in [-0.2, -0.15) is 9.61 Å².